The molecular weight excluding hydrogens is 234 g/mol. The number of aliphatic carboxylic acids is 1. The van der Waals surface area contributed by atoms with Gasteiger partial charge in [0.15, 0.2) is 0 Å². The molecule has 0 bridgehead atoms. The summed E-state index contributed by atoms with van der Waals surface area (Å²) in [5.74, 6) is -1.59. The van der Waals surface area contributed by atoms with Gasteiger partial charge in [-0.25, -0.2) is 0 Å². The highest BCUT2D eigenvalue weighted by Gasteiger charge is 2.23. The summed E-state index contributed by atoms with van der Waals surface area (Å²) in [5.41, 5.74) is 6.00. The van der Waals surface area contributed by atoms with Crippen molar-refractivity contribution < 1.29 is 20.1 Å². The SMILES string of the molecule is CCC(CC(CN)C(=O)O)c1cc(O)ccc1O. The van der Waals surface area contributed by atoms with E-state index in [4.69, 9.17) is 10.8 Å². The molecule has 100 valence electrons. The van der Waals surface area contributed by atoms with Crippen LogP contribution in [0.1, 0.15) is 31.2 Å². The highest BCUT2D eigenvalue weighted by Crippen LogP contribution is 2.35. The second kappa shape index (κ2) is 6.26. The first-order valence-corrected chi connectivity index (χ1v) is 5.94. The highest BCUT2D eigenvalue weighted by atomic mass is 16.4. The molecule has 0 amide bonds. The first-order chi connectivity index (χ1) is 8.49. The lowest BCUT2D eigenvalue weighted by molar-refractivity contribution is -0.141. The molecule has 0 aliphatic carbocycles. The Kier molecular flexibility index (Phi) is 4.97. The Morgan fingerprint density at radius 1 is 1.39 bits per heavy atom. The molecular formula is C13H19NO4. The van der Waals surface area contributed by atoms with Crippen LogP contribution in [-0.2, 0) is 4.79 Å². The predicted octanol–water partition coefficient (Wildman–Crippen LogP) is 1.64. The molecule has 1 aromatic carbocycles. The van der Waals surface area contributed by atoms with Crippen LogP contribution in [0.25, 0.3) is 0 Å². The van der Waals surface area contributed by atoms with E-state index in [0.717, 1.165) is 0 Å². The summed E-state index contributed by atoms with van der Waals surface area (Å²) in [6.45, 7) is 1.97. The number of benzene rings is 1. The first-order valence-electron chi connectivity index (χ1n) is 5.94. The van der Waals surface area contributed by atoms with Gasteiger partial charge in [0.25, 0.3) is 0 Å². The summed E-state index contributed by atoms with van der Waals surface area (Å²) in [5, 5.41) is 28.2. The third kappa shape index (κ3) is 3.37. The second-order valence-electron chi connectivity index (χ2n) is 4.35. The smallest absolute Gasteiger partial charge is 0.307 e. The molecule has 0 heterocycles. The number of carboxylic acids is 1. The number of nitrogens with two attached hydrogens (primary N) is 1. The van der Waals surface area contributed by atoms with Gasteiger partial charge in [-0.2, -0.15) is 0 Å². The number of carbonyl (C=O) groups is 1. The maximum atomic E-state index is 11.0. The van der Waals surface area contributed by atoms with Gasteiger partial charge in [0.1, 0.15) is 11.5 Å². The van der Waals surface area contributed by atoms with Crippen molar-refractivity contribution in [3.63, 3.8) is 0 Å². The Bertz CT molecular complexity index is 419. The van der Waals surface area contributed by atoms with Crippen LogP contribution in [0.3, 0.4) is 0 Å². The molecule has 0 saturated heterocycles. The average molecular weight is 253 g/mol. The van der Waals surface area contributed by atoms with E-state index in [1.165, 1.54) is 18.2 Å². The number of phenolic OH excluding ortho intramolecular Hbond substituents is 2. The van der Waals surface area contributed by atoms with Crippen molar-refractivity contribution in [1.82, 2.24) is 0 Å². The predicted molar refractivity (Wildman–Crippen MR) is 67.6 cm³/mol. The van der Waals surface area contributed by atoms with Crippen molar-refractivity contribution in [3.8, 4) is 11.5 Å². The third-order valence-electron chi connectivity index (χ3n) is 3.15. The molecule has 1 rings (SSSR count). The maximum Gasteiger partial charge on any atom is 0.307 e. The summed E-state index contributed by atoms with van der Waals surface area (Å²) < 4.78 is 0. The minimum atomic E-state index is -0.935. The van der Waals surface area contributed by atoms with Crippen LogP contribution >= 0.6 is 0 Å². The van der Waals surface area contributed by atoms with Crippen LogP contribution < -0.4 is 5.73 Å². The zero-order valence-electron chi connectivity index (χ0n) is 10.3. The number of hydrogen-bond acceptors (Lipinski definition) is 4. The number of rotatable bonds is 6. The normalized spacial score (nSPS) is 14.1. The summed E-state index contributed by atoms with van der Waals surface area (Å²) in [7, 11) is 0. The fourth-order valence-corrected chi connectivity index (χ4v) is 2.02. The number of carboxylic acid groups (broad SMARTS) is 1. The van der Waals surface area contributed by atoms with Gasteiger partial charge in [0.05, 0.1) is 5.92 Å². The quantitative estimate of drug-likeness (QED) is 0.577. The minimum Gasteiger partial charge on any atom is -0.508 e. The van der Waals surface area contributed by atoms with Gasteiger partial charge in [-0.05, 0) is 37.0 Å². The molecule has 5 heteroatoms. The van der Waals surface area contributed by atoms with E-state index in [9.17, 15) is 15.0 Å². The Morgan fingerprint density at radius 3 is 2.56 bits per heavy atom. The van der Waals surface area contributed by atoms with E-state index in [0.29, 0.717) is 18.4 Å². The lowest BCUT2D eigenvalue weighted by atomic mass is 9.86. The van der Waals surface area contributed by atoms with E-state index < -0.39 is 11.9 Å². The number of aromatic hydroxyl groups is 2. The summed E-state index contributed by atoms with van der Waals surface area (Å²) in [6.07, 6.45) is 1.01. The molecule has 5 nitrogen and oxygen atoms in total. The fourth-order valence-electron chi connectivity index (χ4n) is 2.02. The van der Waals surface area contributed by atoms with Crippen molar-refractivity contribution in [2.24, 2.45) is 11.7 Å². The van der Waals surface area contributed by atoms with Crippen molar-refractivity contribution in [2.75, 3.05) is 6.54 Å². The van der Waals surface area contributed by atoms with E-state index in [-0.39, 0.29) is 24.0 Å². The molecule has 0 spiro atoms. The topological polar surface area (TPSA) is 104 Å². The van der Waals surface area contributed by atoms with E-state index >= 15 is 0 Å². The van der Waals surface area contributed by atoms with Gasteiger partial charge in [-0.15, -0.1) is 0 Å². The molecule has 0 aromatic heterocycles. The van der Waals surface area contributed by atoms with Gasteiger partial charge < -0.3 is 21.1 Å². The standard InChI is InChI=1S/C13H19NO4/c1-2-8(5-9(7-14)13(17)18)11-6-10(15)3-4-12(11)16/h3-4,6,8-9,15-16H,2,5,7,14H2,1H3,(H,17,18). The lowest BCUT2D eigenvalue weighted by Crippen LogP contribution is -2.25. The largest absolute Gasteiger partial charge is 0.508 e. The van der Waals surface area contributed by atoms with Crippen LogP contribution in [0.15, 0.2) is 18.2 Å². The van der Waals surface area contributed by atoms with E-state index in [1.807, 2.05) is 6.92 Å². The highest BCUT2D eigenvalue weighted by molar-refractivity contribution is 5.70. The summed E-state index contributed by atoms with van der Waals surface area (Å²) >= 11 is 0. The Balaban J connectivity index is 2.95. The molecule has 0 aliphatic heterocycles. The molecule has 1 aromatic rings. The Hall–Kier alpha value is -1.75. The minimum absolute atomic E-state index is 0.0564. The lowest BCUT2D eigenvalue weighted by Gasteiger charge is -2.20. The van der Waals surface area contributed by atoms with Gasteiger partial charge in [-0.1, -0.05) is 6.92 Å². The van der Waals surface area contributed by atoms with Crippen LogP contribution in [-0.4, -0.2) is 27.8 Å². The van der Waals surface area contributed by atoms with Gasteiger partial charge in [-0.3, -0.25) is 4.79 Å². The zero-order valence-corrected chi connectivity index (χ0v) is 10.3. The number of hydrogen-bond donors (Lipinski definition) is 4. The summed E-state index contributed by atoms with van der Waals surface area (Å²) in [4.78, 5) is 11.0. The van der Waals surface area contributed by atoms with Crippen LogP contribution in [0, 0.1) is 5.92 Å². The molecule has 18 heavy (non-hydrogen) atoms. The van der Waals surface area contributed by atoms with Crippen LogP contribution in [0.2, 0.25) is 0 Å². The van der Waals surface area contributed by atoms with E-state index in [1.54, 1.807) is 0 Å². The van der Waals surface area contributed by atoms with Crippen LogP contribution in [0.4, 0.5) is 0 Å². The van der Waals surface area contributed by atoms with Crippen molar-refractivity contribution in [2.45, 2.75) is 25.7 Å². The molecule has 0 radical (unpaired) electrons. The molecule has 0 saturated carbocycles. The van der Waals surface area contributed by atoms with Crippen molar-refractivity contribution >= 4 is 5.97 Å². The first kappa shape index (κ1) is 14.3. The summed E-state index contributed by atoms with van der Waals surface area (Å²) in [6, 6.07) is 4.27. The maximum absolute atomic E-state index is 11.0. The molecule has 2 atom stereocenters. The second-order valence-corrected chi connectivity index (χ2v) is 4.35. The van der Waals surface area contributed by atoms with Gasteiger partial charge in [0, 0.05) is 12.1 Å². The van der Waals surface area contributed by atoms with Crippen molar-refractivity contribution in [3.05, 3.63) is 23.8 Å². The van der Waals surface area contributed by atoms with Crippen LogP contribution in [0.5, 0.6) is 11.5 Å². The fraction of sp³-hybridized carbons (Fsp3) is 0.462. The molecule has 2 unspecified atom stereocenters. The monoisotopic (exact) mass is 253 g/mol. The average Bonchev–Trinajstić information content (AvgIpc) is 2.34. The Labute approximate surface area is 106 Å². The Morgan fingerprint density at radius 2 is 2.06 bits per heavy atom. The van der Waals surface area contributed by atoms with Gasteiger partial charge in [0.2, 0.25) is 0 Å². The molecule has 0 aliphatic rings. The van der Waals surface area contributed by atoms with E-state index in [2.05, 4.69) is 0 Å². The number of phenols is 2. The zero-order chi connectivity index (χ0) is 13.7. The molecule has 0 fully saturated rings. The molecule has 5 N–H and O–H groups in total. The third-order valence-corrected chi connectivity index (χ3v) is 3.15. The van der Waals surface area contributed by atoms with Crippen molar-refractivity contribution in [1.29, 1.82) is 0 Å². The van der Waals surface area contributed by atoms with Gasteiger partial charge >= 0.3 is 5.97 Å².